The highest BCUT2D eigenvalue weighted by molar-refractivity contribution is 7.15. The van der Waals surface area contributed by atoms with Gasteiger partial charge in [-0.1, -0.05) is 67.6 Å². The van der Waals surface area contributed by atoms with Crippen molar-refractivity contribution in [1.29, 1.82) is 0 Å². The summed E-state index contributed by atoms with van der Waals surface area (Å²) < 4.78 is 0. The molecule has 118 valence electrons. The van der Waals surface area contributed by atoms with Crippen LogP contribution in [0.25, 0.3) is 0 Å². The number of benzene rings is 2. The van der Waals surface area contributed by atoms with E-state index in [9.17, 15) is 0 Å². The summed E-state index contributed by atoms with van der Waals surface area (Å²) in [6.07, 6.45) is 0.959. The van der Waals surface area contributed by atoms with Gasteiger partial charge in [0.1, 0.15) is 0 Å². The van der Waals surface area contributed by atoms with Gasteiger partial charge in [0, 0.05) is 17.8 Å². The van der Waals surface area contributed by atoms with Crippen LogP contribution >= 0.6 is 11.3 Å². The van der Waals surface area contributed by atoms with E-state index in [2.05, 4.69) is 84.8 Å². The minimum absolute atomic E-state index is 0.470. The van der Waals surface area contributed by atoms with Crippen LogP contribution in [0.4, 0.5) is 5.13 Å². The summed E-state index contributed by atoms with van der Waals surface area (Å²) in [5.41, 5.74) is 3.83. The van der Waals surface area contributed by atoms with Gasteiger partial charge in [-0.25, -0.2) is 4.98 Å². The van der Waals surface area contributed by atoms with Gasteiger partial charge in [-0.05, 0) is 24.0 Å². The minimum atomic E-state index is 0.470. The van der Waals surface area contributed by atoms with E-state index in [4.69, 9.17) is 0 Å². The molecule has 0 saturated heterocycles. The maximum absolute atomic E-state index is 4.68. The third-order valence-electron chi connectivity index (χ3n) is 4.03. The first-order valence-electron chi connectivity index (χ1n) is 8.01. The third kappa shape index (κ3) is 4.20. The molecule has 0 fully saturated rings. The van der Waals surface area contributed by atoms with E-state index in [1.54, 1.807) is 11.3 Å². The van der Waals surface area contributed by atoms with Gasteiger partial charge in [0.2, 0.25) is 0 Å². The molecule has 0 aliphatic heterocycles. The average Bonchev–Trinajstić information content (AvgIpc) is 2.94. The maximum Gasteiger partial charge on any atom is 0.183 e. The van der Waals surface area contributed by atoms with E-state index in [1.807, 2.05) is 0 Å². The van der Waals surface area contributed by atoms with Crippen molar-refractivity contribution in [3.63, 3.8) is 0 Å². The van der Waals surface area contributed by atoms with E-state index >= 15 is 0 Å². The number of anilines is 1. The minimum Gasteiger partial charge on any atom is -0.361 e. The second-order valence-corrected chi connectivity index (χ2v) is 6.97. The summed E-state index contributed by atoms with van der Waals surface area (Å²) in [4.78, 5) is 6.02. The number of aryl methyl sites for hydroxylation is 1. The van der Waals surface area contributed by atoms with E-state index in [-0.39, 0.29) is 0 Å². The molecule has 3 rings (SSSR count). The van der Waals surface area contributed by atoms with Crippen LogP contribution < -0.4 is 5.32 Å². The van der Waals surface area contributed by atoms with E-state index in [0.29, 0.717) is 5.92 Å². The lowest BCUT2D eigenvalue weighted by Crippen LogP contribution is -2.09. The molecule has 0 saturated carbocycles. The van der Waals surface area contributed by atoms with Crippen molar-refractivity contribution >= 4 is 16.5 Å². The average molecular weight is 322 g/mol. The molecule has 1 unspecified atom stereocenters. The van der Waals surface area contributed by atoms with Crippen molar-refractivity contribution in [2.45, 2.75) is 26.2 Å². The van der Waals surface area contributed by atoms with Crippen LogP contribution in [0.2, 0.25) is 0 Å². The van der Waals surface area contributed by atoms with Crippen molar-refractivity contribution in [2.75, 3.05) is 11.9 Å². The molecule has 1 atom stereocenters. The fourth-order valence-corrected chi connectivity index (χ4v) is 3.59. The highest BCUT2D eigenvalue weighted by Crippen LogP contribution is 2.26. The molecule has 1 heterocycles. The Morgan fingerprint density at radius 3 is 2.35 bits per heavy atom. The summed E-state index contributed by atoms with van der Waals surface area (Å²) in [6.45, 7) is 5.25. The Balaban J connectivity index is 1.62. The number of hydrogen-bond donors (Lipinski definition) is 1. The highest BCUT2D eigenvalue weighted by atomic mass is 32.1. The number of rotatable bonds is 6. The molecule has 3 aromatic rings. The van der Waals surface area contributed by atoms with Gasteiger partial charge in [0.25, 0.3) is 0 Å². The normalized spacial score (nSPS) is 12.1. The summed E-state index contributed by atoms with van der Waals surface area (Å²) in [5, 5.41) is 4.52. The van der Waals surface area contributed by atoms with Crippen LogP contribution in [-0.4, -0.2) is 11.5 Å². The first-order chi connectivity index (χ1) is 11.2. The topological polar surface area (TPSA) is 24.9 Å². The number of aromatic nitrogens is 1. The zero-order valence-corrected chi connectivity index (χ0v) is 14.4. The van der Waals surface area contributed by atoms with Crippen molar-refractivity contribution in [3.8, 4) is 0 Å². The Labute approximate surface area is 142 Å². The molecular formula is C20H22N2S. The van der Waals surface area contributed by atoms with Gasteiger partial charge in [0.05, 0.1) is 5.69 Å². The summed E-state index contributed by atoms with van der Waals surface area (Å²) >= 11 is 1.77. The molecule has 0 aliphatic carbocycles. The second kappa shape index (κ2) is 7.42. The van der Waals surface area contributed by atoms with E-state index in [1.165, 1.54) is 16.0 Å². The lowest BCUT2D eigenvalue weighted by atomic mass is 10.0. The first kappa shape index (κ1) is 15.8. The van der Waals surface area contributed by atoms with Gasteiger partial charge in [-0.15, -0.1) is 11.3 Å². The second-order valence-electron chi connectivity index (χ2n) is 5.88. The summed E-state index contributed by atoms with van der Waals surface area (Å²) in [7, 11) is 0. The molecule has 0 radical (unpaired) electrons. The molecule has 0 bridgehead atoms. The Bertz CT molecular complexity index is 735. The number of nitrogens with one attached hydrogen (secondary N) is 1. The van der Waals surface area contributed by atoms with Crippen LogP contribution in [0, 0.1) is 6.92 Å². The standard InChI is InChI=1S/C20H22N2S/c1-15(18-11-7-4-8-12-18)14-21-20-22-16(2)19(23-20)13-17-9-5-3-6-10-17/h3-12,15H,13-14H2,1-2H3,(H,21,22). The molecule has 23 heavy (non-hydrogen) atoms. The molecule has 0 spiro atoms. The molecule has 2 aromatic carbocycles. The summed E-state index contributed by atoms with van der Waals surface area (Å²) in [5.74, 6) is 0.470. The fraction of sp³-hybridized carbons (Fsp3) is 0.250. The fourth-order valence-electron chi connectivity index (χ4n) is 2.59. The van der Waals surface area contributed by atoms with E-state index < -0.39 is 0 Å². The Morgan fingerprint density at radius 1 is 1.00 bits per heavy atom. The molecule has 0 aliphatic rings. The van der Waals surface area contributed by atoms with Crippen molar-refractivity contribution in [1.82, 2.24) is 4.98 Å². The van der Waals surface area contributed by atoms with Crippen LogP contribution in [0.15, 0.2) is 60.7 Å². The number of nitrogens with zero attached hydrogens (tertiary/aromatic N) is 1. The Hall–Kier alpha value is -2.13. The molecule has 2 nitrogen and oxygen atoms in total. The zero-order chi connectivity index (χ0) is 16.1. The van der Waals surface area contributed by atoms with Crippen molar-refractivity contribution < 1.29 is 0 Å². The lowest BCUT2D eigenvalue weighted by Gasteiger charge is -2.12. The number of hydrogen-bond acceptors (Lipinski definition) is 3. The maximum atomic E-state index is 4.68. The van der Waals surface area contributed by atoms with Crippen molar-refractivity contribution in [2.24, 2.45) is 0 Å². The van der Waals surface area contributed by atoms with Crippen molar-refractivity contribution in [3.05, 3.63) is 82.4 Å². The number of thiazole rings is 1. The molecular weight excluding hydrogens is 300 g/mol. The smallest absolute Gasteiger partial charge is 0.183 e. The van der Waals surface area contributed by atoms with Gasteiger partial charge in [0.15, 0.2) is 5.13 Å². The molecule has 1 N–H and O–H groups in total. The Morgan fingerprint density at radius 2 is 1.65 bits per heavy atom. The third-order valence-corrected chi connectivity index (χ3v) is 5.14. The Kier molecular flexibility index (Phi) is 5.09. The SMILES string of the molecule is Cc1nc(NCC(C)c2ccccc2)sc1Cc1ccccc1. The zero-order valence-electron chi connectivity index (χ0n) is 13.6. The van der Waals surface area contributed by atoms with Crippen LogP contribution in [-0.2, 0) is 6.42 Å². The predicted molar refractivity (Wildman–Crippen MR) is 99.4 cm³/mol. The summed E-state index contributed by atoms with van der Waals surface area (Å²) in [6, 6.07) is 21.2. The van der Waals surface area contributed by atoms with Gasteiger partial charge in [-0.2, -0.15) is 0 Å². The first-order valence-corrected chi connectivity index (χ1v) is 8.83. The van der Waals surface area contributed by atoms with Crippen LogP contribution in [0.5, 0.6) is 0 Å². The lowest BCUT2D eigenvalue weighted by molar-refractivity contribution is 0.803. The molecule has 0 amide bonds. The largest absolute Gasteiger partial charge is 0.361 e. The van der Waals surface area contributed by atoms with E-state index in [0.717, 1.165) is 23.8 Å². The van der Waals surface area contributed by atoms with Crippen LogP contribution in [0.1, 0.15) is 34.5 Å². The monoisotopic (exact) mass is 322 g/mol. The quantitative estimate of drug-likeness (QED) is 0.670. The molecule has 3 heteroatoms. The molecule has 1 aromatic heterocycles. The van der Waals surface area contributed by atoms with Gasteiger partial charge < -0.3 is 5.32 Å². The predicted octanol–water partition coefficient (Wildman–Crippen LogP) is 5.26. The highest BCUT2D eigenvalue weighted by Gasteiger charge is 2.10. The van der Waals surface area contributed by atoms with Gasteiger partial charge in [-0.3, -0.25) is 0 Å². The van der Waals surface area contributed by atoms with Crippen LogP contribution in [0.3, 0.4) is 0 Å². The van der Waals surface area contributed by atoms with Gasteiger partial charge >= 0.3 is 0 Å².